The van der Waals surface area contributed by atoms with E-state index in [0.29, 0.717) is 11.4 Å². The van der Waals surface area contributed by atoms with Gasteiger partial charge in [0.2, 0.25) is 10.0 Å². The molecule has 22 heavy (non-hydrogen) atoms. The second kappa shape index (κ2) is 5.56. The van der Waals surface area contributed by atoms with Crippen LogP contribution in [0.15, 0.2) is 41.4 Å². The summed E-state index contributed by atoms with van der Waals surface area (Å²) in [4.78, 5) is 0.400. The Balaban J connectivity index is 1.96. The molecule has 1 aliphatic rings. The molecule has 0 spiro atoms. The van der Waals surface area contributed by atoms with Crippen LogP contribution in [0.5, 0.6) is 0 Å². The Bertz CT molecular complexity index is 789. The highest BCUT2D eigenvalue weighted by molar-refractivity contribution is 7.89. The molecule has 0 saturated heterocycles. The van der Waals surface area contributed by atoms with Crippen LogP contribution in [0.25, 0.3) is 0 Å². The average molecular weight is 318 g/mol. The van der Waals surface area contributed by atoms with Crippen molar-refractivity contribution in [3.8, 4) is 0 Å². The molecule has 0 aliphatic heterocycles. The van der Waals surface area contributed by atoms with Gasteiger partial charge in [-0.15, -0.1) is 0 Å². The van der Waals surface area contributed by atoms with Crippen molar-refractivity contribution in [1.29, 1.82) is 0 Å². The normalized spacial score (nSPS) is 15.5. The van der Waals surface area contributed by atoms with Crippen molar-refractivity contribution < 1.29 is 8.42 Å². The highest BCUT2D eigenvalue weighted by atomic mass is 32.2. The van der Waals surface area contributed by atoms with Gasteiger partial charge in [0.25, 0.3) is 0 Å². The zero-order chi connectivity index (χ0) is 15.9. The Morgan fingerprint density at radius 1 is 1.18 bits per heavy atom. The van der Waals surface area contributed by atoms with Crippen LogP contribution in [0.3, 0.4) is 0 Å². The molecule has 0 radical (unpaired) electrons. The molecular weight excluding hydrogens is 296 g/mol. The first-order chi connectivity index (χ1) is 10.4. The molecule has 1 aromatic carbocycles. The van der Waals surface area contributed by atoms with Crippen molar-refractivity contribution >= 4 is 10.0 Å². The van der Waals surface area contributed by atoms with Crippen molar-refractivity contribution in [2.24, 2.45) is 7.05 Å². The minimum absolute atomic E-state index is 0.140. The van der Waals surface area contributed by atoms with Gasteiger partial charge in [-0.1, -0.05) is 6.07 Å². The molecule has 0 bridgehead atoms. The SMILES string of the molecule is Cc1ccc(S(=O)(=O)N(Cc2cccn2C)C2CC2)cc1C. The zero-order valence-electron chi connectivity index (χ0n) is 13.3. The van der Waals surface area contributed by atoms with Crippen LogP contribution in [0, 0.1) is 13.8 Å². The lowest BCUT2D eigenvalue weighted by Crippen LogP contribution is -2.33. The van der Waals surface area contributed by atoms with E-state index in [1.165, 1.54) is 0 Å². The van der Waals surface area contributed by atoms with Gasteiger partial charge in [0.05, 0.1) is 11.4 Å². The fourth-order valence-electron chi connectivity index (χ4n) is 2.60. The first-order valence-electron chi connectivity index (χ1n) is 7.59. The van der Waals surface area contributed by atoms with Gasteiger partial charge in [-0.05, 0) is 62.1 Å². The molecular formula is C17H22N2O2S. The molecule has 118 valence electrons. The maximum Gasteiger partial charge on any atom is 0.243 e. The summed E-state index contributed by atoms with van der Waals surface area (Å²) in [6, 6.07) is 9.45. The second-order valence-corrected chi connectivity index (χ2v) is 8.03. The summed E-state index contributed by atoms with van der Waals surface area (Å²) >= 11 is 0. The van der Waals surface area contributed by atoms with E-state index < -0.39 is 10.0 Å². The topological polar surface area (TPSA) is 42.3 Å². The van der Waals surface area contributed by atoms with E-state index in [1.54, 1.807) is 16.4 Å². The standard InChI is InChI=1S/C17H22N2O2S/c1-13-6-9-17(11-14(13)2)22(20,21)19(15-7-8-15)12-16-5-4-10-18(16)3/h4-6,9-11,15H,7-8,12H2,1-3H3. The van der Waals surface area contributed by atoms with Crippen LogP contribution >= 0.6 is 0 Å². The summed E-state index contributed by atoms with van der Waals surface area (Å²) in [7, 11) is -1.50. The van der Waals surface area contributed by atoms with Crippen molar-refractivity contribution in [2.45, 2.75) is 44.2 Å². The lowest BCUT2D eigenvalue weighted by Gasteiger charge is -2.22. The van der Waals surface area contributed by atoms with E-state index in [1.807, 2.05) is 49.9 Å². The van der Waals surface area contributed by atoms with Crippen LogP contribution in [-0.2, 0) is 23.6 Å². The molecule has 1 fully saturated rings. The van der Waals surface area contributed by atoms with E-state index in [9.17, 15) is 8.42 Å². The molecule has 1 aromatic heterocycles. The smallest absolute Gasteiger partial charge is 0.243 e. The van der Waals surface area contributed by atoms with Gasteiger partial charge >= 0.3 is 0 Å². The van der Waals surface area contributed by atoms with Gasteiger partial charge in [-0.3, -0.25) is 0 Å². The maximum atomic E-state index is 13.0. The number of benzene rings is 1. The molecule has 1 heterocycles. The van der Waals surface area contributed by atoms with E-state index in [0.717, 1.165) is 29.7 Å². The highest BCUT2D eigenvalue weighted by Crippen LogP contribution is 2.33. The number of aryl methyl sites for hydroxylation is 3. The number of rotatable bonds is 5. The Morgan fingerprint density at radius 2 is 1.91 bits per heavy atom. The Labute approximate surface area is 132 Å². The van der Waals surface area contributed by atoms with Crippen molar-refractivity contribution in [1.82, 2.24) is 8.87 Å². The first kappa shape index (κ1) is 15.3. The summed E-state index contributed by atoms with van der Waals surface area (Å²) in [5.41, 5.74) is 3.13. The third-order valence-corrected chi connectivity index (χ3v) is 6.30. The van der Waals surface area contributed by atoms with Gasteiger partial charge in [0.1, 0.15) is 0 Å². The first-order valence-corrected chi connectivity index (χ1v) is 9.03. The quantitative estimate of drug-likeness (QED) is 0.850. The Morgan fingerprint density at radius 3 is 2.45 bits per heavy atom. The molecule has 0 amide bonds. The van der Waals surface area contributed by atoms with E-state index >= 15 is 0 Å². The van der Waals surface area contributed by atoms with Gasteiger partial charge in [0, 0.05) is 25.0 Å². The molecule has 3 rings (SSSR count). The second-order valence-electron chi connectivity index (χ2n) is 6.14. The predicted molar refractivity (Wildman–Crippen MR) is 87.1 cm³/mol. The zero-order valence-corrected chi connectivity index (χ0v) is 14.1. The number of hydrogen-bond acceptors (Lipinski definition) is 2. The molecule has 1 saturated carbocycles. The lowest BCUT2D eigenvalue weighted by molar-refractivity contribution is 0.390. The maximum absolute atomic E-state index is 13.0. The molecule has 2 aromatic rings. The van der Waals surface area contributed by atoms with Crippen LogP contribution < -0.4 is 0 Å². The number of nitrogens with zero attached hydrogens (tertiary/aromatic N) is 2. The van der Waals surface area contributed by atoms with Crippen LogP contribution in [0.2, 0.25) is 0 Å². The minimum atomic E-state index is -3.45. The summed E-state index contributed by atoms with van der Waals surface area (Å²) in [6.45, 7) is 4.38. The monoisotopic (exact) mass is 318 g/mol. The largest absolute Gasteiger partial charge is 0.353 e. The van der Waals surface area contributed by atoms with Gasteiger partial charge in [-0.2, -0.15) is 4.31 Å². The van der Waals surface area contributed by atoms with Crippen molar-refractivity contribution in [3.63, 3.8) is 0 Å². The van der Waals surface area contributed by atoms with Gasteiger partial charge < -0.3 is 4.57 Å². The van der Waals surface area contributed by atoms with Crippen molar-refractivity contribution in [2.75, 3.05) is 0 Å². The van der Waals surface area contributed by atoms with E-state index in [4.69, 9.17) is 0 Å². The summed E-state index contributed by atoms with van der Waals surface area (Å²) in [5.74, 6) is 0. The molecule has 1 aliphatic carbocycles. The molecule has 0 N–H and O–H groups in total. The lowest BCUT2D eigenvalue weighted by atomic mass is 10.1. The fraction of sp³-hybridized carbons (Fsp3) is 0.412. The third kappa shape index (κ3) is 2.83. The highest BCUT2D eigenvalue weighted by Gasteiger charge is 2.38. The summed E-state index contributed by atoms with van der Waals surface area (Å²) in [6.07, 6.45) is 3.85. The Hall–Kier alpha value is -1.59. The summed E-state index contributed by atoms with van der Waals surface area (Å²) in [5, 5.41) is 0. The fourth-order valence-corrected chi connectivity index (χ4v) is 4.35. The molecule has 4 nitrogen and oxygen atoms in total. The third-order valence-electron chi connectivity index (χ3n) is 4.41. The molecule has 5 heteroatoms. The van der Waals surface area contributed by atoms with Crippen molar-refractivity contribution in [3.05, 3.63) is 53.3 Å². The average Bonchev–Trinajstić information content (AvgIpc) is 3.22. The molecule has 0 unspecified atom stereocenters. The van der Waals surface area contributed by atoms with Gasteiger partial charge in [0.15, 0.2) is 0 Å². The van der Waals surface area contributed by atoms with E-state index in [-0.39, 0.29) is 6.04 Å². The summed E-state index contributed by atoms with van der Waals surface area (Å²) < 4.78 is 29.7. The predicted octanol–water partition coefficient (Wildman–Crippen LogP) is 3.00. The van der Waals surface area contributed by atoms with Gasteiger partial charge in [-0.25, -0.2) is 8.42 Å². The Kier molecular flexibility index (Phi) is 3.87. The number of aromatic nitrogens is 1. The van der Waals surface area contributed by atoms with Crippen LogP contribution in [-0.4, -0.2) is 23.3 Å². The minimum Gasteiger partial charge on any atom is -0.353 e. The number of hydrogen-bond donors (Lipinski definition) is 0. The van der Waals surface area contributed by atoms with Crippen LogP contribution in [0.4, 0.5) is 0 Å². The van der Waals surface area contributed by atoms with E-state index in [2.05, 4.69) is 0 Å². The number of sulfonamides is 1. The molecule has 0 atom stereocenters. The van der Waals surface area contributed by atoms with Crippen LogP contribution in [0.1, 0.15) is 29.7 Å².